The van der Waals surface area contributed by atoms with Gasteiger partial charge in [0.15, 0.2) is 5.75 Å². The van der Waals surface area contributed by atoms with Crippen LogP contribution < -0.4 is 10.5 Å². The molecule has 0 fully saturated rings. The van der Waals surface area contributed by atoms with Gasteiger partial charge in [0.2, 0.25) is 0 Å². The summed E-state index contributed by atoms with van der Waals surface area (Å²) in [6, 6.07) is 7.25. The van der Waals surface area contributed by atoms with Crippen molar-refractivity contribution in [2.24, 2.45) is 5.73 Å². The number of nitrogens with zero attached hydrogens (tertiary/aromatic N) is 2. The van der Waals surface area contributed by atoms with Gasteiger partial charge in [-0.15, -0.1) is 0 Å². The highest BCUT2D eigenvalue weighted by atomic mass is 35.5. The molecule has 102 valence electrons. The van der Waals surface area contributed by atoms with E-state index in [0.29, 0.717) is 5.02 Å². The molecule has 1 aromatic heterocycles. The van der Waals surface area contributed by atoms with Crippen LogP contribution in [0.1, 0.15) is 30.6 Å². The molecule has 1 heterocycles. The first-order chi connectivity index (χ1) is 9.17. The number of aryl methyl sites for hydroxylation is 1. The van der Waals surface area contributed by atoms with E-state index in [0.717, 1.165) is 30.0 Å². The molecule has 0 aliphatic heterocycles. The molecule has 0 aliphatic rings. The van der Waals surface area contributed by atoms with Crippen LogP contribution in [0.25, 0.3) is 0 Å². The Morgan fingerprint density at radius 3 is 2.63 bits per heavy atom. The van der Waals surface area contributed by atoms with Gasteiger partial charge >= 0.3 is 0 Å². The predicted octanol–water partition coefficient (Wildman–Crippen LogP) is 3.00. The van der Waals surface area contributed by atoms with E-state index < -0.39 is 0 Å². The van der Waals surface area contributed by atoms with Crippen LogP contribution in [-0.4, -0.2) is 16.9 Å². The first-order valence-electron chi connectivity index (χ1n) is 6.28. The average Bonchev–Trinajstić information content (AvgIpc) is 2.82. The fourth-order valence-corrected chi connectivity index (χ4v) is 2.19. The lowest BCUT2D eigenvalue weighted by Crippen LogP contribution is -2.18. The summed E-state index contributed by atoms with van der Waals surface area (Å²) in [6.07, 6.45) is 2.70. The third kappa shape index (κ3) is 2.91. The molecular weight excluding hydrogens is 262 g/mol. The quantitative estimate of drug-likeness (QED) is 0.915. The summed E-state index contributed by atoms with van der Waals surface area (Å²) in [5.41, 5.74) is 8.22. The molecule has 4 nitrogen and oxygen atoms in total. The van der Waals surface area contributed by atoms with Gasteiger partial charge in [-0.05, 0) is 24.1 Å². The van der Waals surface area contributed by atoms with Crippen molar-refractivity contribution in [3.05, 3.63) is 46.7 Å². The first-order valence-corrected chi connectivity index (χ1v) is 6.66. The van der Waals surface area contributed by atoms with E-state index >= 15 is 0 Å². The summed E-state index contributed by atoms with van der Waals surface area (Å²) in [7, 11) is 1.63. The van der Waals surface area contributed by atoms with E-state index in [4.69, 9.17) is 22.1 Å². The molecule has 0 radical (unpaired) electrons. The van der Waals surface area contributed by atoms with Gasteiger partial charge in [-0.25, -0.2) is 0 Å². The van der Waals surface area contributed by atoms with Crippen molar-refractivity contribution in [1.29, 1.82) is 0 Å². The van der Waals surface area contributed by atoms with Crippen molar-refractivity contribution in [3.63, 3.8) is 0 Å². The second kappa shape index (κ2) is 6.08. The molecule has 2 N–H and O–H groups in total. The molecule has 2 rings (SSSR count). The maximum absolute atomic E-state index is 6.33. The summed E-state index contributed by atoms with van der Waals surface area (Å²) in [6.45, 7) is 2.92. The van der Waals surface area contributed by atoms with Crippen molar-refractivity contribution >= 4 is 11.6 Å². The third-order valence-electron chi connectivity index (χ3n) is 3.02. The second-order valence-corrected chi connectivity index (χ2v) is 4.79. The van der Waals surface area contributed by atoms with E-state index in [2.05, 4.69) is 12.0 Å². The zero-order valence-electron chi connectivity index (χ0n) is 11.1. The Bertz CT molecular complexity index is 536. The minimum absolute atomic E-state index is 0.277. The standard InChI is InChI=1S/C14H18ClN3O/c1-3-8-18-14(12(19-2)9-17-18)13(16)10-4-6-11(15)7-5-10/h4-7,9,13H,3,8,16H2,1-2H3. The number of aromatic nitrogens is 2. The van der Waals surface area contributed by atoms with E-state index in [9.17, 15) is 0 Å². The largest absolute Gasteiger partial charge is 0.493 e. The Labute approximate surface area is 118 Å². The van der Waals surface area contributed by atoms with E-state index in [1.54, 1.807) is 13.3 Å². The topological polar surface area (TPSA) is 53.1 Å². The molecule has 0 saturated carbocycles. The molecule has 0 bridgehead atoms. The molecule has 2 aromatic rings. The van der Waals surface area contributed by atoms with Gasteiger partial charge in [0.25, 0.3) is 0 Å². The lowest BCUT2D eigenvalue weighted by Gasteiger charge is -2.16. The van der Waals surface area contributed by atoms with Crippen LogP contribution in [-0.2, 0) is 6.54 Å². The normalized spacial score (nSPS) is 12.4. The molecule has 1 aromatic carbocycles. The van der Waals surface area contributed by atoms with Gasteiger partial charge < -0.3 is 10.5 Å². The average molecular weight is 280 g/mol. The molecule has 0 aliphatic carbocycles. The highest BCUT2D eigenvalue weighted by Gasteiger charge is 2.19. The van der Waals surface area contributed by atoms with Crippen LogP contribution in [0.4, 0.5) is 0 Å². The third-order valence-corrected chi connectivity index (χ3v) is 3.28. The number of rotatable bonds is 5. The molecule has 0 spiro atoms. The van der Waals surface area contributed by atoms with Gasteiger partial charge in [0, 0.05) is 11.6 Å². The van der Waals surface area contributed by atoms with Gasteiger partial charge in [-0.3, -0.25) is 4.68 Å². The van der Waals surface area contributed by atoms with E-state index in [1.165, 1.54) is 0 Å². The van der Waals surface area contributed by atoms with Crippen molar-refractivity contribution in [2.75, 3.05) is 7.11 Å². The maximum atomic E-state index is 6.33. The number of hydrogen-bond acceptors (Lipinski definition) is 3. The van der Waals surface area contributed by atoms with Crippen LogP contribution >= 0.6 is 11.6 Å². The molecular formula is C14H18ClN3O. The zero-order valence-corrected chi connectivity index (χ0v) is 11.9. The molecule has 0 saturated heterocycles. The first kappa shape index (κ1) is 13.9. The molecule has 0 amide bonds. The molecule has 5 heteroatoms. The summed E-state index contributed by atoms with van der Waals surface area (Å²) in [5, 5.41) is 5.03. The van der Waals surface area contributed by atoms with Gasteiger partial charge in [0.05, 0.1) is 19.3 Å². The Balaban J connectivity index is 2.38. The molecule has 1 atom stereocenters. The molecule has 1 unspecified atom stereocenters. The number of nitrogens with two attached hydrogens (primary N) is 1. The summed E-state index contributed by atoms with van der Waals surface area (Å²) in [4.78, 5) is 0. The SMILES string of the molecule is CCCn1ncc(OC)c1C(N)c1ccc(Cl)cc1. The maximum Gasteiger partial charge on any atom is 0.161 e. The van der Waals surface area contributed by atoms with Crippen molar-refractivity contribution in [3.8, 4) is 5.75 Å². The van der Waals surface area contributed by atoms with Crippen molar-refractivity contribution in [1.82, 2.24) is 9.78 Å². The Hall–Kier alpha value is -1.52. The minimum atomic E-state index is -0.277. The highest BCUT2D eigenvalue weighted by molar-refractivity contribution is 6.30. The fraction of sp³-hybridized carbons (Fsp3) is 0.357. The predicted molar refractivity (Wildman–Crippen MR) is 76.6 cm³/mol. The fourth-order valence-electron chi connectivity index (χ4n) is 2.07. The Morgan fingerprint density at radius 1 is 1.37 bits per heavy atom. The number of halogens is 1. The number of benzene rings is 1. The summed E-state index contributed by atoms with van der Waals surface area (Å²) >= 11 is 5.90. The van der Waals surface area contributed by atoms with Crippen molar-refractivity contribution in [2.45, 2.75) is 25.9 Å². The number of ether oxygens (including phenoxy) is 1. The van der Waals surface area contributed by atoms with Gasteiger partial charge in [0.1, 0.15) is 5.69 Å². The van der Waals surface area contributed by atoms with E-state index in [-0.39, 0.29) is 6.04 Å². The number of hydrogen-bond donors (Lipinski definition) is 1. The highest BCUT2D eigenvalue weighted by Crippen LogP contribution is 2.28. The Morgan fingerprint density at radius 2 is 2.05 bits per heavy atom. The van der Waals surface area contributed by atoms with Crippen LogP contribution in [0.5, 0.6) is 5.75 Å². The lowest BCUT2D eigenvalue weighted by atomic mass is 10.0. The zero-order chi connectivity index (χ0) is 13.8. The monoisotopic (exact) mass is 279 g/mol. The minimum Gasteiger partial charge on any atom is -0.493 e. The Kier molecular flexibility index (Phi) is 4.45. The second-order valence-electron chi connectivity index (χ2n) is 4.35. The summed E-state index contributed by atoms with van der Waals surface area (Å²) in [5.74, 6) is 0.718. The smallest absolute Gasteiger partial charge is 0.161 e. The number of methoxy groups -OCH3 is 1. The van der Waals surface area contributed by atoms with Crippen LogP contribution in [0.3, 0.4) is 0 Å². The van der Waals surface area contributed by atoms with Crippen LogP contribution in [0.15, 0.2) is 30.5 Å². The summed E-state index contributed by atoms with van der Waals surface area (Å²) < 4.78 is 7.25. The molecule has 19 heavy (non-hydrogen) atoms. The van der Waals surface area contributed by atoms with E-state index in [1.807, 2.05) is 28.9 Å². The van der Waals surface area contributed by atoms with Gasteiger partial charge in [-0.1, -0.05) is 30.7 Å². The van der Waals surface area contributed by atoms with Crippen LogP contribution in [0.2, 0.25) is 5.02 Å². The van der Waals surface area contributed by atoms with Gasteiger partial charge in [-0.2, -0.15) is 5.10 Å². The van der Waals surface area contributed by atoms with Crippen LogP contribution in [0, 0.1) is 0 Å². The lowest BCUT2D eigenvalue weighted by molar-refractivity contribution is 0.404. The van der Waals surface area contributed by atoms with Crippen molar-refractivity contribution < 1.29 is 4.74 Å².